The lowest BCUT2D eigenvalue weighted by Crippen LogP contribution is -2.40. The summed E-state index contributed by atoms with van der Waals surface area (Å²) in [5, 5.41) is 0.714. The zero-order valence-corrected chi connectivity index (χ0v) is 18.5. The number of rotatable bonds is 9. The number of methoxy groups -OCH3 is 1. The first-order valence-electron chi connectivity index (χ1n) is 10.5. The highest BCUT2D eigenvalue weighted by molar-refractivity contribution is 7.22. The summed E-state index contributed by atoms with van der Waals surface area (Å²) in [7, 11) is 1.62. The maximum atomic E-state index is 13.1. The van der Waals surface area contributed by atoms with Crippen LogP contribution in [0.25, 0.3) is 10.2 Å². The van der Waals surface area contributed by atoms with Crippen molar-refractivity contribution >= 4 is 32.6 Å². The normalized spacial score (nSPS) is 14.5. The van der Waals surface area contributed by atoms with Crippen LogP contribution < -0.4 is 14.4 Å². The van der Waals surface area contributed by atoms with Crippen molar-refractivity contribution < 1.29 is 19.0 Å². The number of carbonyl (C=O) groups is 1. The van der Waals surface area contributed by atoms with E-state index in [9.17, 15) is 4.79 Å². The second-order valence-corrected chi connectivity index (χ2v) is 8.29. The average molecular weight is 442 g/mol. The summed E-state index contributed by atoms with van der Waals surface area (Å²) in [5.41, 5.74) is 0.907. The molecule has 0 bridgehead atoms. The molecule has 1 amide bonds. The van der Waals surface area contributed by atoms with Gasteiger partial charge >= 0.3 is 0 Å². The number of hydrogen-bond acceptors (Lipinski definition) is 7. The SMILES string of the molecule is COc1ccc(OCC(=O)N(CCCN2CCOCC2)c2nc3ccccc3s2)cc1. The van der Waals surface area contributed by atoms with E-state index >= 15 is 0 Å². The number of thiazole rings is 1. The van der Waals surface area contributed by atoms with E-state index in [4.69, 9.17) is 19.2 Å². The Balaban J connectivity index is 1.42. The van der Waals surface area contributed by atoms with E-state index in [0.29, 0.717) is 17.4 Å². The van der Waals surface area contributed by atoms with E-state index in [1.54, 1.807) is 24.1 Å². The lowest BCUT2D eigenvalue weighted by Gasteiger charge is -2.27. The van der Waals surface area contributed by atoms with E-state index in [2.05, 4.69) is 4.90 Å². The molecule has 31 heavy (non-hydrogen) atoms. The molecule has 0 radical (unpaired) electrons. The number of nitrogens with zero attached hydrogens (tertiary/aromatic N) is 3. The number of aromatic nitrogens is 1. The van der Waals surface area contributed by atoms with E-state index in [0.717, 1.165) is 55.2 Å². The molecule has 1 aromatic heterocycles. The Hall–Kier alpha value is -2.68. The van der Waals surface area contributed by atoms with Crippen LogP contribution >= 0.6 is 11.3 Å². The van der Waals surface area contributed by atoms with Gasteiger partial charge in [-0.2, -0.15) is 0 Å². The molecule has 1 fully saturated rings. The van der Waals surface area contributed by atoms with Crippen LogP contribution in [0.3, 0.4) is 0 Å². The fraction of sp³-hybridized carbons (Fsp3) is 0.391. The second-order valence-electron chi connectivity index (χ2n) is 7.28. The lowest BCUT2D eigenvalue weighted by molar-refractivity contribution is -0.120. The Labute approximate surface area is 186 Å². The Morgan fingerprint density at radius 3 is 2.61 bits per heavy atom. The topological polar surface area (TPSA) is 64.1 Å². The fourth-order valence-corrected chi connectivity index (χ4v) is 4.48. The van der Waals surface area contributed by atoms with Gasteiger partial charge < -0.3 is 14.2 Å². The van der Waals surface area contributed by atoms with Crippen LogP contribution in [0.5, 0.6) is 11.5 Å². The number of hydrogen-bond donors (Lipinski definition) is 0. The maximum Gasteiger partial charge on any atom is 0.266 e. The highest BCUT2D eigenvalue weighted by atomic mass is 32.1. The van der Waals surface area contributed by atoms with Crippen LogP contribution in [0.15, 0.2) is 48.5 Å². The summed E-state index contributed by atoms with van der Waals surface area (Å²) in [6, 6.07) is 15.2. The summed E-state index contributed by atoms with van der Waals surface area (Å²) in [6.45, 7) is 4.91. The average Bonchev–Trinajstić information content (AvgIpc) is 3.25. The number of anilines is 1. The fourth-order valence-electron chi connectivity index (χ4n) is 3.47. The van der Waals surface area contributed by atoms with Gasteiger partial charge in [-0.05, 0) is 42.8 Å². The zero-order chi connectivity index (χ0) is 21.5. The van der Waals surface area contributed by atoms with Gasteiger partial charge in [-0.1, -0.05) is 23.5 Å². The van der Waals surface area contributed by atoms with Gasteiger partial charge in [-0.15, -0.1) is 0 Å². The molecule has 0 aliphatic carbocycles. The molecular formula is C23H27N3O4S. The van der Waals surface area contributed by atoms with Gasteiger partial charge in [0.25, 0.3) is 5.91 Å². The summed E-state index contributed by atoms with van der Waals surface area (Å²) in [4.78, 5) is 21.9. The lowest BCUT2D eigenvalue weighted by atomic mass is 10.3. The molecule has 0 atom stereocenters. The number of para-hydroxylation sites is 1. The summed E-state index contributed by atoms with van der Waals surface area (Å²) in [6.07, 6.45) is 0.865. The molecule has 0 saturated carbocycles. The highest BCUT2D eigenvalue weighted by Gasteiger charge is 2.21. The van der Waals surface area contributed by atoms with Crippen molar-refractivity contribution in [1.82, 2.24) is 9.88 Å². The minimum atomic E-state index is -0.100. The minimum absolute atomic E-state index is 0.0419. The van der Waals surface area contributed by atoms with E-state index in [1.165, 1.54) is 11.3 Å². The standard InChI is InChI=1S/C23H27N3O4S/c1-28-18-7-9-19(10-8-18)30-17-22(27)26(12-4-11-25-13-15-29-16-14-25)23-24-20-5-2-3-6-21(20)31-23/h2-3,5-10H,4,11-17H2,1H3. The number of amides is 1. The van der Waals surface area contributed by atoms with Crippen LogP contribution in [-0.4, -0.2) is 68.9 Å². The van der Waals surface area contributed by atoms with E-state index in [1.807, 2.05) is 36.4 Å². The molecule has 2 heterocycles. The molecule has 2 aromatic carbocycles. The smallest absolute Gasteiger partial charge is 0.266 e. The molecule has 1 aliphatic heterocycles. The van der Waals surface area contributed by atoms with Crippen molar-refractivity contribution in [3.63, 3.8) is 0 Å². The van der Waals surface area contributed by atoms with Gasteiger partial charge in [0, 0.05) is 26.2 Å². The number of morpholine rings is 1. The van der Waals surface area contributed by atoms with Crippen LogP contribution in [0.1, 0.15) is 6.42 Å². The van der Waals surface area contributed by atoms with E-state index in [-0.39, 0.29) is 12.5 Å². The first kappa shape index (κ1) is 21.5. The number of fused-ring (bicyclic) bond motifs is 1. The molecule has 1 saturated heterocycles. The third-order valence-electron chi connectivity index (χ3n) is 5.20. The maximum absolute atomic E-state index is 13.1. The first-order valence-corrected chi connectivity index (χ1v) is 11.3. The molecule has 1 aliphatic rings. The Bertz CT molecular complexity index is 953. The van der Waals surface area contributed by atoms with Crippen molar-refractivity contribution in [1.29, 1.82) is 0 Å². The third kappa shape index (κ3) is 5.72. The first-order chi connectivity index (χ1) is 15.2. The summed E-state index contributed by atoms with van der Waals surface area (Å²) >= 11 is 1.53. The van der Waals surface area contributed by atoms with Crippen LogP contribution in [0, 0.1) is 0 Å². The van der Waals surface area contributed by atoms with Crippen LogP contribution in [0.4, 0.5) is 5.13 Å². The largest absolute Gasteiger partial charge is 0.497 e. The molecule has 7 nitrogen and oxygen atoms in total. The van der Waals surface area contributed by atoms with Crippen molar-refractivity contribution in [3.8, 4) is 11.5 Å². The highest BCUT2D eigenvalue weighted by Crippen LogP contribution is 2.29. The number of ether oxygens (including phenoxy) is 3. The molecule has 0 spiro atoms. The van der Waals surface area contributed by atoms with Gasteiger partial charge in [0.1, 0.15) is 11.5 Å². The van der Waals surface area contributed by atoms with Crippen molar-refractivity contribution in [2.45, 2.75) is 6.42 Å². The van der Waals surface area contributed by atoms with Crippen LogP contribution in [0.2, 0.25) is 0 Å². The Morgan fingerprint density at radius 1 is 1.13 bits per heavy atom. The van der Waals surface area contributed by atoms with Crippen molar-refractivity contribution in [2.24, 2.45) is 0 Å². The third-order valence-corrected chi connectivity index (χ3v) is 6.26. The predicted molar refractivity (Wildman–Crippen MR) is 122 cm³/mol. The predicted octanol–water partition coefficient (Wildman–Crippen LogP) is 3.44. The van der Waals surface area contributed by atoms with Crippen LogP contribution in [-0.2, 0) is 9.53 Å². The van der Waals surface area contributed by atoms with Crippen molar-refractivity contribution in [2.75, 3.05) is 58.0 Å². The van der Waals surface area contributed by atoms with Gasteiger partial charge in [-0.3, -0.25) is 14.6 Å². The van der Waals surface area contributed by atoms with Gasteiger partial charge in [-0.25, -0.2) is 4.98 Å². The molecule has 3 aromatic rings. The minimum Gasteiger partial charge on any atom is -0.497 e. The Kier molecular flexibility index (Phi) is 7.35. The summed E-state index contributed by atoms with van der Waals surface area (Å²) in [5.74, 6) is 1.28. The quantitative estimate of drug-likeness (QED) is 0.507. The van der Waals surface area contributed by atoms with Gasteiger partial charge in [0.15, 0.2) is 11.7 Å². The molecular weight excluding hydrogens is 414 g/mol. The Morgan fingerprint density at radius 2 is 1.87 bits per heavy atom. The van der Waals surface area contributed by atoms with Gasteiger partial charge in [0.05, 0.1) is 30.5 Å². The number of benzene rings is 2. The van der Waals surface area contributed by atoms with Gasteiger partial charge in [0.2, 0.25) is 0 Å². The number of carbonyl (C=O) groups excluding carboxylic acids is 1. The molecule has 8 heteroatoms. The zero-order valence-electron chi connectivity index (χ0n) is 17.7. The second kappa shape index (κ2) is 10.6. The van der Waals surface area contributed by atoms with Crippen molar-refractivity contribution in [3.05, 3.63) is 48.5 Å². The molecule has 164 valence electrons. The summed E-state index contributed by atoms with van der Waals surface area (Å²) < 4.78 is 17.4. The molecule has 0 unspecified atom stereocenters. The monoisotopic (exact) mass is 441 g/mol. The molecule has 4 rings (SSSR count). The van der Waals surface area contributed by atoms with E-state index < -0.39 is 0 Å². The molecule has 0 N–H and O–H groups in total.